The number of carbonyl (C=O) groups is 2. The van der Waals surface area contributed by atoms with Gasteiger partial charge in [0.05, 0.1) is 41.4 Å². The molecule has 2 heterocycles. The van der Waals surface area contributed by atoms with Gasteiger partial charge in [0.25, 0.3) is 8.32 Å². The second-order valence-electron chi connectivity index (χ2n) is 18.5. The lowest BCUT2D eigenvalue weighted by Crippen LogP contribution is -2.66. The largest absolute Gasteiger partial charge is 0.507 e. The molecule has 0 bridgehead atoms. The van der Waals surface area contributed by atoms with E-state index in [0.717, 1.165) is 26.9 Å². The van der Waals surface area contributed by atoms with Crippen molar-refractivity contribution in [2.75, 3.05) is 11.5 Å². The van der Waals surface area contributed by atoms with Crippen LogP contribution in [0.25, 0.3) is 16.8 Å². The smallest absolute Gasteiger partial charge is 0.455 e. The molecular formula is C51H50BF6NO6Si. The highest BCUT2D eigenvalue weighted by Crippen LogP contribution is 2.53. The van der Waals surface area contributed by atoms with Gasteiger partial charge in [-0.05, 0) is 99.7 Å². The van der Waals surface area contributed by atoms with Crippen molar-refractivity contribution in [1.82, 2.24) is 0 Å². The summed E-state index contributed by atoms with van der Waals surface area (Å²) in [4.78, 5) is 29.7. The Hall–Kier alpha value is -5.48. The number of amides is 2. The Bertz CT molecular complexity index is 2630. The number of hydrogen-bond acceptors (Lipinski definition) is 6. The third-order valence-electron chi connectivity index (χ3n) is 13.5. The van der Waals surface area contributed by atoms with Crippen molar-refractivity contribution in [3.05, 3.63) is 149 Å². The van der Waals surface area contributed by atoms with E-state index in [1.165, 1.54) is 0 Å². The highest BCUT2D eigenvalue weighted by Gasteiger charge is 2.59. The molecule has 0 unspecified atom stereocenters. The lowest BCUT2D eigenvalue weighted by atomic mass is 9.58. The van der Waals surface area contributed by atoms with Crippen LogP contribution in [0.5, 0.6) is 5.75 Å². The third-order valence-corrected chi connectivity index (χ3v) is 18.5. The maximum Gasteiger partial charge on any atom is 0.455 e. The lowest BCUT2D eigenvalue weighted by Gasteiger charge is -2.46. The molecule has 344 valence electrons. The Kier molecular flexibility index (Phi) is 12.8. The molecule has 7 nitrogen and oxygen atoms in total. The minimum atomic E-state index is -5.21. The number of halogens is 6. The van der Waals surface area contributed by atoms with Crippen molar-refractivity contribution in [2.45, 2.75) is 83.2 Å². The summed E-state index contributed by atoms with van der Waals surface area (Å²) < 4.78 is 98.4. The normalized spacial score (nSPS) is 20.9. The van der Waals surface area contributed by atoms with Crippen LogP contribution in [0.4, 0.5) is 32.0 Å². The first-order valence-corrected chi connectivity index (χ1v) is 24.0. The minimum absolute atomic E-state index is 0.0302. The Morgan fingerprint density at radius 1 is 0.803 bits per heavy atom. The molecule has 2 aliphatic heterocycles. The van der Waals surface area contributed by atoms with Crippen LogP contribution in [-0.2, 0) is 31.0 Å². The number of phenolic OH excluding ortho intramolecular Hbond substituents is 1. The van der Waals surface area contributed by atoms with Gasteiger partial charge >= 0.3 is 19.5 Å². The number of aromatic hydroxyl groups is 1. The summed E-state index contributed by atoms with van der Waals surface area (Å²) in [6.45, 7) is 8.30. The number of imide groups is 1. The molecule has 15 heteroatoms. The molecule has 3 aliphatic rings. The monoisotopic (exact) mass is 925 g/mol. The van der Waals surface area contributed by atoms with E-state index in [0.29, 0.717) is 52.8 Å². The zero-order valence-corrected chi connectivity index (χ0v) is 37.9. The van der Waals surface area contributed by atoms with Gasteiger partial charge in [-0.1, -0.05) is 130 Å². The number of rotatable bonds is 11. The van der Waals surface area contributed by atoms with Crippen molar-refractivity contribution in [1.29, 1.82) is 0 Å². The Balaban J connectivity index is 1.23. The van der Waals surface area contributed by atoms with Gasteiger partial charge in [-0.15, -0.1) is 0 Å². The van der Waals surface area contributed by atoms with E-state index in [9.17, 15) is 46.1 Å². The van der Waals surface area contributed by atoms with Crippen LogP contribution in [0.15, 0.2) is 132 Å². The van der Waals surface area contributed by atoms with Crippen molar-refractivity contribution in [2.24, 2.45) is 17.8 Å². The van der Waals surface area contributed by atoms with Crippen molar-refractivity contribution >= 4 is 60.2 Å². The van der Waals surface area contributed by atoms with Gasteiger partial charge in [-0.25, -0.2) is 4.90 Å². The van der Waals surface area contributed by atoms with Gasteiger partial charge in [-0.3, -0.25) is 9.59 Å². The predicted octanol–water partition coefficient (Wildman–Crippen LogP) is 10.7. The summed E-state index contributed by atoms with van der Waals surface area (Å²) in [6.07, 6.45) is -7.96. The van der Waals surface area contributed by atoms with Crippen molar-refractivity contribution < 1.29 is 55.1 Å². The van der Waals surface area contributed by atoms with Gasteiger partial charge in [-0.2, -0.15) is 26.3 Å². The maximum atomic E-state index is 14.7. The summed E-state index contributed by atoms with van der Waals surface area (Å²) in [6, 6.07) is 31.5. The summed E-state index contributed by atoms with van der Waals surface area (Å²) in [5.74, 6) is -4.95. The van der Waals surface area contributed by atoms with Crippen LogP contribution < -0.4 is 15.3 Å². The SMILES string of the molecule is CC/C(=C\c1ccc(O)c2ccccc12)CC[C@H]1OB(O)C[C@H]2C1=C(CO[Si](c1ccccc1)(c1ccccc1)C(C)(C)C)C[C@H]1C(=O)N(c3cc(C(F)(F)F)cc(C(F)(F)F)c3)C(=O)[C@H]12. The van der Waals surface area contributed by atoms with E-state index in [1.54, 1.807) is 6.07 Å². The fourth-order valence-corrected chi connectivity index (χ4v) is 15.0. The lowest BCUT2D eigenvalue weighted by molar-refractivity contribution is -0.143. The van der Waals surface area contributed by atoms with Gasteiger partial charge in [0, 0.05) is 5.39 Å². The average Bonchev–Trinajstić information content (AvgIpc) is 3.53. The Labute approximate surface area is 381 Å². The standard InChI is InChI=1S/C51H50BF6NO6Si/c1-5-31(24-32-21-22-43(60)40-19-13-12-18-39(32)40)20-23-44-45-33(30-64-66(49(2,3)4,37-14-8-6-9-15-37)38-16-10-7-11-17-38)25-41-46(42(45)29-52(63)65-44)48(62)59(47(41)61)36-27-34(50(53,54)55)26-35(28-36)51(56,57)58/h6-19,21-22,24,26-28,41-42,44,46,60,63H,5,20,23,25,29-30H2,1-4H3/b31-24+/t41-,42+,44-,46-/m1/s1. The second kappa shape index (κ2) is 18.0. The molecule has 4 atom stereocenters. The number of alkyl halides is 6. The third kappa shape index (κ3) is 8.78. The molecule has 1 aliphatic carbocycles. The zero-order valence-electron chi connectivity index (χ0n) is 36.9. The van der Waals surface area contributed by atoms with E-state index in [1.807, 2.05) is 97.9 Å². The maximum absolute atomic E-state index is 14.7. The molecular weight excluding hydrogens is 875 g/mol. The highest BCUT2D eigenvalue weighted by atomic mass is 28.4. The van der Waals surface area contributed by atoms with E-state index in [2.05, 4.69) is 26.8 Å². The molecule has 0 aromatic heterocycles. The van der Waals surface area contributed by atoms with Gasteiger partial charge in [0.2, 0.25) is 11.8 Å². The molecule has 2 amide bonds. The summed E-state index contributed by atoms with van der Waals surface area (Å²) >= 11 is 0. The van der Waals surface area contributed by atoms with Gasteiger partial charge in [0.15, 0.2) is 0 Å². The molecule has 0 spiro atoms. The molecule has 5 aromatic rings. The summed E-state index contributed by atoms with van der Waals surface area (Å²) in [5, 5.41) is 25.0. The van der Waals surface area contributed by atoms with E-state index in [-0.39, 0.29) is 31.2 Å². The molecule has 5 aromatic carbocycles. The summed E-state index contributed by atoms with van der Waals surface area (Å²) in [7, 11) is -4.65. The number of nitrogens with zero attached hydrogens (tertiary/aromatic N) is 1. The molecule has 2 N–H and O–H groups in total. The van der Waals surface area contributed by atoms with Gasteiger partial charge < -0.3 is 19.2 Å². The van der Waals surface area contributed by atoms with Crippen LogP contribution >= 0.6 is 0 Å². The van der Waals surface area contributed by atoms with E-state index >= 15 is 0 Å². The fraction of sp³-hybridized carbons (Fsp3) is 0.333. The zero-order chi connectivity index (χ0) is 47.3. The predicted molar refractivity (Wildman–Crippen MR) is 245 cm³/mol. The van der Waals surface area contributed by atoms with Gasteiger partial charge in [0.1, 0.15) is 5.75 Å². The van der Waals surface area contributed by atoms with Crippen LogP contribution in [0.1, 0.15) is 70.1 Å². The minimum Gasteiger partial charge on any atom is -0.507 e. The van der Waals surface area contributed by atoms with Crippen LogP contribution in [0, 0.1) is 17.8 Å². The highest BCUT2D eigenvalue weighted by molar-refractivity contribution is 6.99. The fourth-order valence-electron chi connectivity index (χ4n) is 10.5. The van der Waals surface area contributed by atoms with Crippen molar-refractivity contribution in [3.8, 4) is 5.75 Å². The van der Waals surface area contributed by atoms with Crippen molar-refractivity contribution in [3.63, 3.8) is 0 Å². The Morgan fingerprint density at radius 3 is 1.94 bits per heavy atom. The van der Waals surface area contributed by atoms with Crippen LogP contribution in [-0.4, -0.2) is 50.1 Å². The average molecular weight is 926 g/mol. The van der Waals surface area contributed by atoms with Crippen LogP contribution in [0.3, 0.4) is 0 Å². The van der Waals surface area contributed by atoms with E-state index < -0.39 is 85.3 Å². The Morgan fingerprint density at radius 2 is 1.38 bits per heavy atom. The number of phenols is 1. The van der Waals surface area contributed by atoms with Crippen LogP contribution in [0.2, 0.25) is 11.4 Å². The summed E-state index contributed by atoms with van der Waals surface area (Å²) in [5.41, 5.74) is -0.926. The molecule has 0 saturated carbocycles. The number of anilines is 1. The first-order valence-electron chi connectivity index (χ1n) is 22.1. The first kappa shape index (κ1) is 47.0. The number of benzene rings is 5. The van der Waals surface area contributed by atoms with E-state index in [4.69, 9.17) is 9.08 Å². The molecule has 66 heavy (non-hydrogen) atoms. The number of hydrogen-bond donors (Lipinski definition) is 2. The first-order chi connectivity index (χ1) is 31.2. The number of allylic oxidation sites excluding steroid dienone is 1. The topological polar surface area (TPSA) is 96.3 Å². The quantitative estimate of drug-likeness (QED) is 0.0593. The second-order valence-corrected chi connectivity index (χ2v) is 22.8. The molecule has 8 rings (SSSR count). The molecule has 2 fully saturated rings. The molecule has 0 radical (unpaired) electrons. The molecule has 2 saturated heterocycles. The number of fused-ring (bicyclic) bond motifs is 4. The number of carbonyl (C=O) groups excluding carboxylic acids is 2.